The zero-order valence-corrected chi connectivity index (χ0v) is 5.10. The highest BCUT2D eigenvalue weighted by atomic mass is 16.3. The molecule has 0 aromatic carbocycles. The Hall–Kier alpha value is -0.0400. The highest BCUT2D eigenvalue weighted by Gasteiger charge is 2.11. The van der Waals surface area contributed by atoms with Gasteiger partial charge in [0.2, 0.25) is 0 Å². The summed E-state index contributed by atoms with van der Waals surface area (Å²) in [6.07, 6.45) is 6.92. The maximum absolute atomic E-state index is 10.3. The molecule has 0 unspecified atom stereocenters. The summed E-state index contributed by atoms with van der Waals surface area (Å²) in [5, 5.41) is 10.3. The molecule has 0 aromatic rings. The van der Waals surface area contributed by atoms with Crippen LogP contribution in [0.4, 0.5) is 0 Å². The summed E-state index contributed by atoms with van der Waals surface area (Å²) in [7, 11) is 0. The summed E-state index contributed by atoms with van der Waals surface area (Å²) in [6.45, 7) is 0.147. The topological polar surface area (TPSA) is 19.9 Å². The van der Waals surface area contributed by atoms with Gasteiger partial charge in [0, 0.05) is 0 Å². The van der Waals surface area contributed by atoms with Crippen molar-refractivity contribution in [1.82, 2.24) is 0 Å². The van der Waals surface area contributed by atoms with Gasteiger partial charge in [-0.25, -0.2) is 5.11 Å². The quantitative estimate of drug-likeness (QED) is 0.493. The van der Waals surface area contributed by atoms with Crippen LogP contribution >= 0.6 is 0 Å². The number of hydrogen-bond acceptors (Lipinski definition) is 0. The first kappa shape index (κ1) is 6.09. The Morgan fingerprint density at radius 1 is 1.38 bits per heavy atom. The first-order chi connectivity index (χ1) is 3.93. The van der Waals surface area contributed by atoms with Crippen LogP contribution in [-0.2, 0) is 5.11 Å². The van der Waals surface area contributed by atoms with Crippen LogP contribution in [0.3, 0.4) is 0 Å². The monoisotopic (exact) mass is 112 g/mol. The van der Waals surface area contributed by atoms with Crippen molar-refractivity contribution in [2.75, 3.05) is 6.61 Å². The van der Waals surface area contributed by atoms with E-state index < -0.39 is 0 Å². The fourth-order valence-corrected chi connectivity index (χ4v) is 1.16. The molecule has 1 saturated carbocycles. The van der Waals surface area contributed by atoms with Crippen LogP contribution in [0, 0.1) is 12.3 Å². The average Bonchev–Trinajstić information content (AvgIpc) is 1.90. The Morgan fingerprint density at radius 2 is 2.00 bits per heavy atom. The van der Waals surface area contributed by atoms with Gasteiger partial charge in [-0.3, -0.25) is 0 Å². The second-order valence-corrected chi connectivity index (χ2v) is 2.48. The van der Waals surface area contributed by atoms with Gasteiger partial charge in [-0.15, -0.1) is 0 Å². The molecule has 0 atom stereocenters. The molecule has 1 nitrogen and oxygen atoms in total. The van der Waals surface area contributed by atoms with Crippen molar-refractivity contribution in [3.05, 3.63) is 6.42 Å². The second-order valence-electron chi connectivity index (χ2n) is 2.48. The molecule has 2 radical (unpaired) electrons. The van der Waals surface area contributed by atoms with E-state index in [4.69, 9.17) is 0 Å². The zero-order valence-electron chi connectivity index (χ0n) is 5.10. The lowest BCUT2D eigenvalue weighted by Gasteiger charge is -2.17. The largest absolute Gasteiger partial charge is 0.236 e. The van der Waals surface area contributed by atoms with Crippen LogP contribution < -0.4 is 0 Å². The van der Waals surface area contributed by atoms with E-state index in [1.807, 2.05) is 0 Å². The Bertz CT molecular complexity index is 55.4. The van der Waals surface area contributed by atoms with E-state index in [1.54, 1.807) is 0 Å². The molecule has 1 rings (SSSR count). The minimum atomic E-state index is 0.147. The fourth-order valence-electron chi connectivity index (χ4n) is 1.16. The molecule has 1 heteroatoms. The standard InChI is InChI=1S/C7H12O/c8-6-7-4-2-1-3-5-7/h1,7H,2-6H2. The van der Waals surface area contributed by atoms with Crippen LogP contribution in [0.2, 0.25) is 0 Å². The second kappa shape index (κ2) is 3.08. The molecule has 0 saturated heterocycles. The van der Waals surface area contributed by atoms with Crippen LogP contribution in [0.25, 0.3) is 0 Å². The van der Waals surface area contributed by atoms with Crippen LogP contribution in [-0.4, -0.2) is 6.61 Å². The highest BCUT2D eigenvalue weighted by molar-refractivity contribution is 4.75. The van der Waals surface area contributed by atoms with Crippen molar-refractivity contribution in [3.8, 4) is 0 Å². The summed E-state index contributed by atoms with van der Waals surface area (Å²) in [5.41, 5.74) is 0. The molecule has 8 heavy (non-hydrogen) atoms. The Morgan fingerprint density at radius 3 is 2.38 bits per heavy atom. The van der Waals surface area contributed by atoms with Crippen molar-refractivity contribution in [3.63, 3.8) is 0 Å². The van der Waals surface area contributed by atoms with Gasteiger partial charge in [-0.05, 0) is 38.0 Å². The lowest BCUT2D eigenvalue weighted by molar-refractivity contribution is 0.128. The molecule has 0 bridgehead atoms. The minimum Gasteiger partial charge on any atom is -0.236 e. The first-order valence-corrected chi connectivity index (χ1v) is 3.33. The normalized spacial score (nSPS) is 23.6. The molecule has 46 valence electrons. The lowest BCUT2D eigenvalue weighted by atomic mass is 9.90. The molecule has 0 heterocycles. The summed E-state index contributed by atoms with van der Waals surface area (Å²) in [6, 6.07) is 0. The van der Waals surface area contributed by atoms with Crippen molar-refractivity contribution in [1.29, 1.82) is 0 Å². The van der Waals surface area contributed by atoms with Gasteiger partial charge in [0.05, 0.1) is 6.61 Å². The zero-order chi connectivity index (χ0) is 5.82. The molecular formula is C7H12O. The number of rotatable bonds is 1. The predicted molar refractivity (Wildman–Crippen MR) is 31.8 cm³/mol. The molecule has 0 amide bonds. The predicted octanol–water partition coefficient (Wildman–Crippen LogP) is 1.81. The fraction of sp³-hybridized carbons (Fsp3) is 0.857. The maximum Gasteiger partial charge on any atom is 0.0850 e. The van der Waals surface area contributed by atoms with Gasteiger partial charge < -0.3 is 0 Å². The molecule has 0 spiro atoms. The number of hydrogen-bond donors (Lipinski definition) is 0. The van der Waals surface area contributed by atoms with E-state index >= 15 is 0 Å². The van der Waals surface area contributed by atoms with Crippen molar-refractivity contribution >= 4 is 0 Å². The Kier molecular flexibility index (Phi) is 2.34. The van der Waals surface area contributed by atoms with E-state index in [2.05, 4.69) is 6.42 Å². The van der Waals surface area contributed by atoms with Crippen molar-refractivity contribution in [2.45, 2.75) is 25.7 Å². The highest BCUT2D eigenvalue weighted by Crippen LogP contribution is 2.21. The average molecular weight is 112 g/mol. The summed E-state index contributed by atoms with van der Waals surface area (Å²) >= 11 is 0. The van der Waals surface area contributed by atoms with E-state index in [9.17, 15) is 5.11 Å². The SMILES string of the molecule is [O]CC1CC[CH]CC1. The van der Waals surface area contributed by atoms with Crippen molar-refractivity contribution in [2.24, 2.45) is 5.92 Å². The third kappa shape index (κ3) is 1.48. The van der Waals surface area contributed by atoms with E-state index in [0.29, 0.717) is 5.92 Å². The molecule has 1 aliphatic rings. The van der Waals surface area contributed by atoms with Crippen LogP contribution in [0.1, 0.15) is 25.7 Å². The van der Waals surface area contributed by atoms with Gasteiger partial charge in [0.15, 0.2) is 0 Å². The van der Waals surface area contributed by atoms with E-state index in [1.165, 1.54) is 12.8 Å². The summed E-state index contributed by atoms with van der Waals surface area (Å²) in [5.74, 6) is 0.500. The van der Waals surface area contributed by atoms with Gasteiger partial charge in [0.1, 0.15) is 0 Å². The Labute approximate surface area is 50.7 Å². The van der Waals surface area contributed by atoms with Crippen LogP contribution in [0.5, 0.6) is 0 Å². The first-order valence-electron chi connectivity index (χ1n) is 3.33. The molecule has 0 aromatic heterocycles. The van der Waals surface area contributed by atoms with Gasteiger partial charge in [-0.2, -0.15) is 0 Å². The molecule has 0 aliphatic heterocycles. The molecule has 0 N–H and O–H groups in total. The molecular weight excluding hydrogens is 100 g/mol. The summed E-state index contributed by atoms with van der Waals surface area (Å²) < 4.78 is 0. The summed E-state index contributed by atoms with van der Waals surface area (Å²) in [4.78, 5) is 0. The van der Waals surface area contributed by atoms with Crippen molar-refractivity contribution < 1.29 is 5.11 Å². The smallest absolute Gasteiger partial charge is 0.0850 e. The minimum absolute atomic E-state index is 0.147. The van der Waals surface area contributed by atoms with E-state index in [0.717, 1.165) is 12.8 Å². The molecule has 1 aliphatic carbocycles. The van der Waals surface area contributed by atoms with Gasteiger partial charge in [-0.1, -0.05) is 0 Å². The third-order valence-electron chi connectivity index (χ3n) is 1.79. The lowest BCUT2D eigenvalue weighted by Crippen LogP contribution is -2.09. The van der Waals surface area contributed by atoms with Crippen LogP contribution in [0.15, 0.2) is 0 Å². The van der Waals surface area contributed by atoms with Gasteiger partial charge in [0.25, 0.3) is 0 Å². The Balaban J connectivity index is 2.13. The third-order valence-corrected chi connectivity index (χ3v) is 1.79. The molecule has 1 fully saturated rings. The maximum atomic E-state index is 10.3. The van der Waals surface area contributed by atoms with Gasteiger partial charge >= 0.3 is 0 Å². The van der Waals surface area contributed by atoms with E-state index in [-0.39, 0.29) is 6.61 Å².